The van der Waals surface area contributed by atoms with Gasteiger partial charge in [-0.3, -0.25) is 0 Å². The summed E-state index contributed by atoms with van der Waals surface area (Å²) in [7, 11) is 0. The van der Waals surface area contributed by atoms with Gasteiger partial charge >= 0.3 is 0 Å². The van der Waals surface area contributed by atoms with Gasteiger partial charge in [0.2, 0.25) is 6.79 Å². The summed E-state index contributed by atoms with van der Waals surface area (Å²) in [6.07, 6.45) is 0. The highest BCUT2D eigenvalue weighted by molar-refractivity contribution is 6.22. The summed E-state index contributed by atoms with van der Waals surface area (Å²) < 4.78 is 10.3. The van der Waals surface area contributed by atoms with Crippen LogP contribution in [-0.4, -0.2) is 6.79 Å². The standard InChI is InChI=1S/C9H6ClNO2/c10-7(4-11)6-1-2-8-9(3-6)13-5-12-8/h1-3,7H,5H2/t7-/m0/s1. The minimum absolute atomic E-state index is 0.234. The highest BCUT2D eigenvalue weighted by Crippen LogP contribution is 2.35. The first-order valence-electron chi connectivity index (χ1n) is 3.74. The van der Waals surface area contributed by atoms with E-state index in [9.17, 15) is 0 Å². The molecule has 4 heteroatoms. The van der Waals surface area contributed by atoms with Crippen molar-refractivity contribution in [3.05, 3.63) is 23.8 Å². The molecule has 3 nitrogen and oxygen atoms in total. The Morgan fingerprint density at radius 2 is 2.15 bits per heavy atom. The predicted octanol–water partition coefficient (Wildman–Crippen LogP) is 2.22. The molecule has 1 aliphatic heterocycles. The van der Waals surface area contributed by atoms with Gasteiger partial charge in [-0.2, -0.15) is 5.26 Å². The Morgan fingerprint density at radius 3 is 2.92 bits per heavy atom. The summed E-state index contributed by atoms with van der Waals surface area (Å²) in [5, 5.41) is 7.95. The first-order valence-corrected chi connectivity index (χ1v) is 4.18. The van der Waals surface area contributed by atoms with Crippen molar-refractivity contribution < 1.29 is 9.47 Å². The predicted molar refractivity (Wildman–Crippen MR) is 46.8 cm³/mol. The number of nitriles is 1. The third kappa shape index (κ3) is 1.41. The number of hydrogen-bond donors (Lipinski definition) is 0. The van der Waals surface area contributed by atoms with Gasteiger partial charge in [-0.05, 0) is 17.7 Å². The molecule has 0 saturated carbocycles. The van der Waals surface area contributed by atoms with Crippen molar-refractivity contribution in [1.29, 1.82) is 5.26 Å². The Bertz CT molecular complexity index is 372. The van der Waals surface area contributed by atoms with E-state index in [1.807, 2.05) is 6.07 Å². The lowest BCUT2D eigenvalue weighted by Gasteiger charge is -2.01. The Morgan fingerprint density at radius 1 is 1.38 bits per heavy atom. The minimum atomic E-state index is -0.630. The normalized spacial score (nSPS) is 15.1. The second-order valence-electron chi connectivity index (χ2n) is 2.60. The summed E-state index contributed by atoms with van der Waals surface area (Å²) in [5.41, 5.74) is 0.730. The maximum absolute atomic E-state index is 8.58. The maximum atomic E-state index is 8.58. The smallest absolute Gasteiger partial charge is 0.231 e. The van der Waals surface area contributed by atoms with Gasteiger partial charge in [-0.1, -0.05) is 6.07 Å². The number of alkyl halides is 1. The van der Waals surface area contributed by atoms with Crippen LogP contribution in [0.25, 0.3) is 0 Å². The molecule has 1 atom stereocenters. The van der Waals surface area contributed by atoms with Crippen molar-refractivity contribution >= 4 is 11.6 Å². The van der Waals surface area contributed by atoms with Crippen molar-refractivity contribution in [3.8, 4) is 17.6 Å². The van der Waals surface area contributed by atoms with Gasteiger partial charge in [0.05, 0.1) is 6.07 Å². The van der Waals surface area contributed by atoms with Gasteiger partial charge in [0.15, 0.2) is 11.5 Å². The summed E-state index contributed by atoms with van der Waals surface area (Å²) in [4.78, 5) is 0. The molecule has 1 aromatic rings. The van der Waals surface area contributed by atoms with Crippen molar-refractivity contribution in [3.63, 3.8) is 0 Å². The monoisotopic (exact) mass is 195 g/mol. The summed E-state index contributed by atoms with van der Waals surface area (Å²) in [5.74, 6) is 1.35. The quantitative estimate of drug-likeness (QED) is 0.646. The van der Waals surface area contributed by atoms with E-state index in [2.05, 4.69) is 0 Å². The molecular weight excluding hydrogens is 190 g/mol. The number of rotatable bonds is 1. The van der Waals surface area contributed by atoms with Crippen LogP contribution in [0.1, 0.15) is 10.9 Å². The number of fused-ring (bicyclic) bond motifs is 1. The molecule has 0 amide bonds. The van der Waals surface area contributed by atoms with Crippen LogP contribution in [0, 0.1) is 11.3 Å². The van der Waals surface area contributed by atoms with E-state index >= 15 is 0 Å². The van der Waals surface area contributed by atoms with Crippen LogP contribution < -0.4 is 9.47 Å². The van der Waals surface area contributed by atoms with E-state index in [-0.39, 0.29) is 6.79 Å². The second kappa shape index (κ2) is 3.15. The van der Waals surface area contributed by atoms with Crippen LogP contribution in [0.2, 0.25) is 0 Å². The number of hydrogen-bond acceptors (Lipinski definition) is 3. The molecule has 0 saturated heterocycles. The third-order valence-corrected chi connectivity index (χ3v) is 2.15. The fourth-order valence-electron chi connectivity index (χ4n) is 1.15. The van der Waals surface area contributed by atoms with E-state index < -0.39 is 5.38 Å². The molecule has 2 rings (SSSR count). The molecule has 1 aromatic carbocycles. The fourth-order valence-corrected chi connectivity index (χ4v) is 1.28. The molecule has 0 bridgehead atoms. The minimum Gasteiger partial charge on any atom is -0.454 e. The van der Waals surface area contributed by atoms with E-state index in [0.29, 0.717) is 11.5 Å². The first kappa shape index (κ1) is 8.21. The van der Waals surface area contributed by atoms with Gasteiger partial charge in [-0.25, -0.2) is 0 Å². The van der Waals surface area contributed by atoms with Gasteiger partial charge < -0.3 is 9.47 Å². The number of nitrogens with zero attached hydrogens (tertiary/aromatic N) is 1. The highest BCUT2D eigenvalue weighted by atomic mass is 35.5. The molecule has 0 unspecified atom stereocenters. The molecule has 1 heterocycles. The average molecular weight is 196 g/mol. The largest absolute Gasteiger partial charge is 0.454 e. The number of benzene rings is 1. The van der Waals surface area contributed by atoms with Gasteiger partial charge in [0, 0.05) is 0 Å². The van der Waals surface area contributed by atoms with E-state index in [1.54, 1.807) is 18.2 Å². The Balaban J connectivity index is 2.37. The topological polar surface area (TPSA) is 42.2 Å². The molecule has 13 heavy (non-hydrogen) atoms. The van der Waals surface area contributed by atoms with Crippen molar-refractivity contribution in [2.45, 2.75) is 5.38 Å². The Hall–Kier alpha value is -1.40. The second-order valence-corrected chi connectivity index (χ2v) is 3.04. The van der Waals surface area contributed by atoms with Gasteiger partial charge in [-0.15, -0.1) is 11.6 Å². The van der Waals surface area contributed by atoms with Crippen LogP contribution in [0.3, 0.4) is 0 Å². The van der Waals surface area contributed by atoms with Crippen LogP contribution >= 0.6 is 11.6 Å². The molecule has 0 fully saturated rings. The van der Waals surface area contributed by atoms with Crippen molar-refractivity contribution in [1.82, 2.24) is 0 Å². The van der Waals surface area contributed by atoms with Crippen LogP contribution in [0.5, 0.6) is 11.5 Å². The lowest BCUT2D eigenvalue weighted by molar-refractivity contribution is 0.174. The fraction of sp³-hybridized carbons (Fsp3) is 0.222. The highest BCUT2D eigenvalue weighted by Gasteiger charge is 2.15. The lowest BCUT2D eigenvalue weighted by Crippen LogP contribution is -1.93. The third-order valence-electron chi connectivity index (χ3n) is 1.80. The molecule has 0 radical (unpaired) electrons. The Kier molecular flexibility index (Phi) is 1.99. The zero-order valence-electron chi connectivity index (χ0n) is 6.66. The summed E-state index contributed by atoms with van der Waals surface area (Å²) in [6.45, 7) is 0.234. The molecule has 0 N–H and O–H groups in total. The Labute approximate surface area is 80.4 Å². The zero-order valence-corrected chi connectivity index (χ0v) is 7.41. The van der Waals surface area contributed by atoms with Crippen molar-refractivity contribution in [2.75, 3.05) is 6.79 Å². The molecule has 1 aliphatic rings. The van der Waals surface area contributed by atoms with Gasteiger partial charge in [0.1, 0.15) is 5.38 Å². The van der Waals surface area contributed by atoms with E-state index in [1.165, 1.54) is 0 Å². The molecule has 0 aromatic heterocycles. The van der Waals surface area contributed by atoms with Crippen LogP contribution in [0.15, 0.2) is 18.2 Å². The van der Waals surface area contributed by atoms with Crippen LogP contribution in [0.4, 0.5) is 0 Å². The van der Waals surface area contributed by atoms with Crippen LogP contribution in [-0.2, 0) is 0 Å². The van der Waals surface area contributed by atoms with Crippen molar-refractivity contribution in [2.24, 2.45) is 0 Å². The summed E-state index contributed by atoms with van der Waals surface area (Å²) >= 11 is 5.73. The molecule has 0 aliphatic carbocycles. The van der Waals surface area contributed by atoms with Gasteiger partial charge in [0.25, 0.3) is 0 Å². The first-order chi connectivity index (χ1) is 6.31. The van der Waals surface area contributed by atoms with E-state index in [0.717, 1.165) is 5.56 Å². The number of ether oxygens (including phenoxy) is 2. The molecule has 0 spiro atoms. The zero-order chi connectivity index (χ0) is 9.26. The lowest BCUT2D eigenvalue weighted by atomic mass is 10.1. The molecule has 66 valence electrons. The number of halogens is 1. The van der Waals surface area contributed by atoms with E-state index in [4.69, 9.17) is 26.3 Å². The molecular formula is C9H6ClNO2. The average Bonchev–Trinajstić information content (AvgIpc) is 2.63. The summed E-state index contributed by atoms with van der Waals surface area (Å²) in [6, 6.07) is 7.18. The maximum Gasteiger partial charge on any atom is 0.231 e. The SMILES string of the molecule is N#C[C@H](Cl)c1ccc2c(c1)OCO2.